The van der Waals surface area contributed by atoms with Crippen molar-refractivity contribution in [2.45, 2.75) is 26.0 Å². The number of hydrogen-bond acceptors (Lipinski definition) is 4. The predicted molar refractivity (Wildman–Crippen MR) is 118 cm³/mol. The molecular weight excluding hydrogens is 376 g/mol. The summed E-state index contributed by atoms with van der Waals surface area (Å²) in [6.45, 7) is 2.72. The summed E-state index contributed by atoms with van der Waals surface area (Å²) in [5.41, 5.74) is 4.42. The van der Waals surface area contributed by atoms with Crippen LogP contribution in [0.15, 0.2) is 72.8 Å². The zero-order chi connectivity index (χ0) is 20.9. The minimum absolute atomic E-state index is 0.197. The van der Waals surface area contributed by atoms with E-state index in [2.05, 4.69) is 23.6 Å². The highest BCUT2D eigenvalue weighted by molar-refractivity contribution is 5.76. The highest BCUT2D eigenvalue weighted by Crippen LogP contribution is 2.21. The molecular formula is C25H26N2O3. The number of aliphatic hydroxyl groups is 1. The van der Waals surface area contributed by atoms with Crippen LogP contribution in [0.3, 0.4) is 0 Å². The molecule has 0 aliphatic heterocycles. The third kappa shape index (κ3) is 4.47. The summed E-state index contributed by atoms with van der Waals surface area (Å²) in [5, 5.41) is 10.7. The van der Waals surface area contributed by atoms with Crippen LogP contribution in [0.4, 0.5) is 0 Å². The number of aromatic nitrogens is 2. The number of benzene rings is 3. The molecule has 0 saturated heterocycles. The highest BCUT2D eigenvalue weighted by Gasteiger charge is 2.16. The van der Waals surface area contributed by atoms with E-state index in [9.17, 15) is 5.11 Å². The fourth-order valence-electron chi connectivity index (χ4n) is 3.57. The third-order valence-electron chi connectivity index (χ3n) is 5.24. The number of ether oxygens (including phenoxy) is 2. The quantitative estimate of drug-likeness (QED) is 0.475. The molecule has 0 fully saturated rings. The van der Waals surface area contributed by atoms with Gasteiger partial charge in [-0.15, -0.1) is 0 Å². The van der Waals surface area contributed by atoms with Crippen molar-refractivity contribution >= 4 is 11.0 Å². The Kier molecular flexibility index (Phi) is 6.00. The van der Waals surface area contributed by atoms with Crippen LogP contribution in [0.1, 0.15) is 17.0 Å². The Balaban J connectivity index is 1.52. The average molecular weight is 402 g/mol. The lowest BCUT2D eigenvalue weighted by atomic mass is 10.1. The van der Waals surface area contributed by atoms with Crippen molar-refractivity contribution < 1.29 is 14.6 Å². The lowest BCUT2D eigenvalue weighted by Crippen LogP contribution is -2.24. The summed E-state index contributed by atoms with van der Waals surface area (Å²) in [6, 6.07) is 23.7. The van der Waals surface area contributed by atoms with Crippen LogP contribution in [0.5, 0.6) is 11.5 Å². The zero-order valence-electron chi connectivity index (χ0n) is 17.3. The molecule has 5 nitrogen and oxygen atoms in total. The smallest absolute Gasteiger partial charge is 0.119 e. The van der Waals surface area contributed by atoms with Gasteiger partial charge in [-0.05, 0) is 54.4 Å². The summed E-state index contributed by atoms with van der Waals surface area (Å²) in [5.74, 6) is 2.41. The van der Waals surface area contributed by atoms with Crippen molar-refractivity contribution in [3.8, 4) is 11.5 Å². The summed E-state index contributed by atoms with van der Waals surface area (Å²) in [4.78, 5) is 4.84. The van der Waals surface area contributed by atoms with Gasteiger partial charge < -0.3 is 19.1 Å². The minimum Gasteiger partial charge on any atom is -0.497 e. The molecule has 4 aromatic rings. The monoisotopic (exact) mass is 402 g/mol. The Labute approximate surface area is 176 Å². The minimum atomic E-state index is -0.666. The fourth-order valence-corrected chi connectivity index (χ4v) is 3.57. The fraction of sp³-hybridized carbons (Fsp3) is 0.240. The Morgan fingerprint density at radius 1 is 0.933 bits per heavy atom. The van der Waals surface area contributed by atoms with Gasteiger partial charge in [-0.2, -0.15) is 0 Å². The van der Waals surface area contributed by atoms with Crippen LogP contribution < -0.4 is 9.47 Å². The molecule has 5 heteroatoms. The number of aliphatic hydroxyl groups excluding tert-OH is 1. The number of hydrogen-bond donors (Lipinski definition) is 1. The van der Waals surface area contributed by atoms with E-state index in [1.807, 2.05) is 60.7 Å². The number of nitrogens with zero attached hydrogens (tertiary/aromatic N) is 2. The molecule has 154 valence electrons. The maximum Gasteiger partial charge on any atom is 0.119 e. The molecule has 1 aromatic heterocycles. The summed E-state index contributed by atoms with van der Waals surface area (Å²) in [7, 11) is 1.63. The molecule has 1 N–H and O–H groups in total. The molecule has 4 rings (SSSR count). The topological polar surface area (TPSA) is 56.5 Å². The maximum atomic E-state index is 10.7. The van der Waals surface area contributed by atoms with Gasteiger partial charge >= 0.3 is 0 Å². The first-order valence-corrected chi connectivity index (χ1v) is 10.1. The van der Waals surface area contributed by atoms with Gasteiger partial charge in [-0.1, -0.05) is 36.4 Å². The van der Waals surface area contributed by atoms with Crippen LogP contribution >= 0.6 is 0 Å². The van der Waals surface area contributed by atoms with Crippen LogP contribution in [-0.4, -0.2) is 34.5 Å². The van der Waals surface area contributed by atoms with Crippen LogP contribution in [-0.2, 0) is 13.0 Å². The second-order valence-electron chi connectivity index (χ2n) is 7.37. The van der Waals surface area contributed by atoms with Gasteiger partial charge in [-0.25, -0.2) is 4.98 Å². The summed E-state index contributed by atoms with van der Waals surface area (Å²) < 4.78 is 13.0. The van der Waals surface area contributed by atoms with Crippen molar-refractivity contribution in [1.82, 2.24) is 9.55 Å². The molecule has 0 radical (unpaired) electrons. The molecule has 0 bridgehead atoms. The number of para-hydroxylation sites is 2. The van der Waals surface area contributed by atoms with Crippen molar-refractivity contribution in [3.63, 3.8) is 0 Å². The molecule has 0 aliphatic rings. The zero-order valence-corrected chi connectivity index (χ0v) is 17.3. The first-order valence-electron chi connectivity index (χ1n) is 10.1. The number of aryl methyl sites for hydroxylation is 1. The predicted octanol–water partition coefficient (Wildman–Crippen LogP) is 4.38. The van der Waals surface area contributed by atoms with Gasteiger partial charge in [0.05, 0.1) is 24.7 Å². The van der Waals surface area contributed by atoms with E-state index in [1.54, 1.807) is 7.11 Å². The van der Waals surface area contributed by atoms with Gasteiger partial charge in [0.25, 0.3) is 0 Å². The first-order chi connectivity index (χ1) is 14.6. The molecule has 0 unspecified atom stereocenters. The summed E-state index contributed by atoms with van der Waals surface area (Å²) in [6.07, 6.45) is 0.0493. The average Bonchev–Trinajstić information content (AvgIpc) is 3.11. The van der Waals surface area contributed by atoms with Crippen LogP contribution in [0.25, 0.3) is 11.0 Å². The molecule has 1 heterocycles. The second kappa shape index (κ2) is 9.01. The van der Waals surface area contributed by atoms with Gasteiger partial charge in [0, 0.05) is 6.42 Å². The highest BCUT2D eigenvalue weighted by atomic mass is 16.5. The molecule has 1 atom stereocenters. The second-order valence-corrected chi connectivity index (χ2v) is 7.37. The number of methoxy groups -OCH3 is 1. The van der Waals surface area contributed by atoms with Gasteiger partial charge in [-0.3, -0.25) is 0 Å². The van der Waals surface area contributed by atoms with E-state index in [1.165, 1.54) is 11.1 Å². The van der Waals surface area contributed by atoms with Gasteiger partial charge in [0.1, 0.15) is 30.0 Å². The Bertz CT molecular complexity index is 1120. The first kappa shape index (κ1) is 20.0. The van der Waals surface area contributed by atoms with E-state index in [-0.39, 0.29) is 6.61 Å². The summed E-state index contributed by atoms with van der Waals surface area (Å²) >= 11 is 0. The third-order valence-corrected chi connectivity index (χ3v) is 5.24. The largest absolute Gasteiger partial charge is 0.497 e. The van der Waals surface area contributed by atoms with E-state index in [4.69, 9.17) is 14.5 Å². The standard InChI is InChI=1S/C25H26N2O3/c1-18-7-3-4-8-19(18)15-25-26-23-9-5-6-10-24(23)27(25)16-20(28)17-30-22-13-11-21(29-2)12-14-22/h3-14,20,28H,15-17H2,1-2H3/t20-/m1/s1. The lowest BCUT2D eigenvalue weighted by Gasteiger charge is -2.16. The molecule has 0 aliphatic carbocycles. The van der Waals surface area contributed by atoms with E-state index in [0.29, 0.717) is 18.7 Å². The number of rotatable bonds is 8. The van der Waals surface area contributed by atoms with Crippen molar-refractivity contribution in [2.24, 2.45) is 0 Å². The Hall–Kier alpha value is -3.31. The maximum absolute atomic E-state index is 10.7. The number of fused-ring (bicyclic) bond motifs is 1. The molecule has 30 heavy (non-hydrogen) atoms. The van der Waals surface area contributed by atoms with E-state index >= 15 is 0 Å². The van der Waals surface area contributed by atoms with Gasteiger partial charge in [0.15, 0.2) is 0 Å². The Morgan fingerprint density at radius 2 is 1.63 bits per heavy atom. The lowest BCUT2D eigenvalue weighted by molar-refractivity contribution is 0.0928. The van der Waals surface area contributed by atoms with Crippen molar-refractivity contribution in [3.05, 3.63) is 89.7 Å². The van der Waals surface area contributed by atoms with Gasteiger partial charge in [0.2, 0.25) is 0 Å². The number of imidazole rings is 1. The SMILES string of the molecule is COc1ccc(OC[C@H](O)Cn2c(Cc3ccccc3C)nc3ccccc32)cc1. The van der Waals surface area contributed by atoms with Crippen molar-refractivity contribution in [1.29, 1.82) is 0 Å². The molecule has 0 saturated carbocycles. The van der Waals surface area contributed by atoms with Crippen molar-refractivity contribution in [2.75, 3.05) is 13.7 Å². The van der Waals surface area contributed by atoms with E-state index < -0.39 is 6.10 Å². The van der Waals surface area contributed by atoms with Crippen LogP contribution in [0, 0.1) is 6.92 Å². The molecule has 0 amide bonds. The van der Waals surface area contributed by atoms with E-state index in [0.717, 1.165) is 22.6 Å². The molecule has 0 spiro atoms. The molecule has 3 aromatic carbocycles. The normalized spacial score (nSPS) is 12.1. The Morgan fingerprint density at radius 3 is 2.40 bits per heavy atom. The van der Waals surface area contributed by atoms with Crippen LogP contribution in [0.2, 0.25) is 0 Å².